The van der Waals surface area contributed by atoms with Crippen molar-refractivity contribution in [1.82, 2.24) is 10.5 Å². The summed E-state index contributed by atoms with van der Waals surface area (Å²) in [5.41, 5.74) is 2.08. The third kappa shape index (κ3) is 4.13. The zero-order valence-electron chi connectivity index (χ0n) is 9.50. The molecule has 0 bridgehead atoms. The van der Waals surface area contributed by atoms with Gasteiger partial charge >= 0.3 is 0 Å². The van der Waals surface area contributed by atoms with Gasteiger partial charge < -0.3 is 9.84 Å². The Bertz CT molecular complexity index is 317. The van der Waals surface area contributed by atoms with Crippen LogP contribution in [0.2, 0.25) is 0 Å². The van der Waals surface area contributed by atoms with Crippen LogP contribution >= 0.6 is 0 Å². The number of rotatable bonds is 6. The molecule has 0 aliphatic heterocycles. The summed E-state index contributed by atoms with van der Waals surface area (Å²) in [5.74, 6) is 1.63. The van der Waals surface area contributed by atoms with Gasteiger partial charge in [0.15, 0.2) is 0 Å². The first-order valence-electron chi connectivity index (χ1n) is 5.03. The van der Waals surface area contributed by atoms with Gasteiger partial charge in [-0.25, -0.2) is 0 Å². The van der Waals surface area contributed by atoms with Crippen LogP contribution in [0.5, 0.6) is 0 Å². The summed E-state index contributed by atoms with van der Waals surface area (Å²) in [4.78, 5) is 0. The number of hydrogen-bond donors (Lipinski definition) is 1. The lowest BCUT2D eigenvalue weighted by molar-refractivity contribution is 0.392. The highest BCUT2D eigenvalue weighted by Gasteiger charge is 2.07. The number of nitrogens with zero attached hydrogens (tertiary/aromatic N) is 1. The van der Waals surface area contributed by atoms with Crippen molar-refractivity contribution in [3.8, 4) is 0 Å². The van der Waals surface area contributed by atoms with Gasteiger partial charge in [-0.2, -0.15) is 0 Å². The van der Waals surface area contributed by atoms with Crippen LogP contribution in [0.25, 0.3) is 0 Å². The maximum absolute atomic E-state index is 10.8. The number of nitrogens with one attached hydrogen (secondary N) is 1. The molecule has 4 nitrogen and oxygen atoms in total. The van der Waals surface area contributed by atoms with E-state index < -0.39 is 10.8 Å². The molecule has 1 unspecified atom stereocenters. The Balaban J connectivity index is 2.23. The molecule has 1 heterocycles. The number of hydrogen-bond acceptors (Lipinski definition) is 4. The summed E-state index contributed by atoms with van der Waals surface area (Å²) in [6.45, 7) is 5.51. The molecule has 1 aromatic rings. The van der Waals surface area contributed by atoms with Crippen molar-refractivity contribution >= 4 is 10.8 Å². The topological polar surface area (TPSA) is 55.1 Å². The van der Waals surface area contributed by atoms with Crippen molar-refractivity contribution in [2.45, 2.75) is 26.8 Å². The lowest BCUT2D eigenvalue weighted by atomic mass is 10.2. The van der Waals surface area contributed by atoms with E-state index in [9.17, 15) is 4.21 Å². The Morgan fingerprint density at radius 1 is 1.47 bits per heavy atom. The van der Waals surface area contributed by atoms with Crippen LogP contribution in [0.1, 0.15) is 23.4 Å². The van der Waals surface area contributed by atoms with Gasteiger partial charge in [-0.15, -0.1) is 0 Å². The Kier molecular flexibility index (Phi) is 4.98. The van der Waals surface area contributed by atoms with E-state index in [1.165, 1.54) is 0 Å². The van der Waals surface area contributed by atoms with Crippen LogP contribution in [0, 0.1) is 13.8 Å². The first-order chi connectivity index (χ1) is 7.11. The summed E-state index contributed by atoms with van der Waals surface area (Å²) in [6.07, 6.45) is 2.67. The summed E-state index contributed by atoms with van der Waals surface area (Å²) >= 11 is 0. The quantitative estimate of drug-likeness (QED) is 0.745. The van der Waals surface area contributed by atoms with E-state index in [1.807, 2.05) is 13.8 Å². The largest absolute Gasteiger partial charge is 0.361 e. The minimum Gasteiger partial charge on any atom is -0.361 e. The van der Waals surface area contributed by atoms with Crippen molar-refractivity contribution in [3.05, 3.63) is 17.0 Å². The second-order valence-electron chi connectivity index (χ2n) is 3.61. The molecule has 5 heteroatoms. The molecule has 1 rings (SSSR count). The second-order valence-corrected chi connectivity index (χ2v) is 5.17. The Morgan fingerprint density at radius 2 is 2.20 bits per heavy atom. The minimum absolute atomic E-state index is 0.685. The zero-order chi connectivity index (χ0) is 11.3. The fraction of sp³-hybridized carbons (Fsp3) is 0.700. The molecule has 0 aromatic carbocycles. The molecule has 0 aliphatic rings. The molecule has 1 atom stereocenters. The fourth-order valence-electron chi connectivity index (χ4n) is 1.37. The van der Waals surface area contributed by atoms with E-state index in [1.54, 1.807) is 6.26 Å². The first-order valence-corrected chi connectivity index (χ1v) is 6.76. The fourth-order valence-corrected chi connectivity index (χ4v) is 1.92. The Hall–Kier alpha value is -0.680. The van der Waals surface area contributed by atoms with E-state index in [0.717, 1.165) is 42.3 Å². The molecular weight excluding hydrogens is 212 g/mol. The SMILES string of the molecule is Cc1noc(C)c1CNCCCS(C)=O. The van der Waals surface area contributed by atoms with Crippen molar-refractivity contribution < 1.29 is 8.73 Å². The van der Waals surface area contributed by atoms with Gasteiger partial charge in [0, 0.05) is 34.9 Å². The molecule has 0 saturated carbocycles. The van der Waals surface area contributed by atoms with Gasteiger partial charge in [0.05, 0.1) is 5.69 Å². The predicted octanol–water partition coefficient (Wildman–Crippen LogP) is 1.15. The molecule has 0 spiro atoms. The third-order valence-electron chi connectivity index (χ3n) is 2.27. The third-order valence-corrected chi connectivity index (χ3v) is 3.13. The Labute approximate surface area is 92.9 Å². The molecule has 86 valence electrons. The molecule has 0 saturated heterocycles. The first kappa shape index (κ1) is 12.4. The second kappa shape index (κ2) is 6.02. The van der Waals surface area contributed by atoms with Crippen molar-refractivity contribution in [2.75, 3.05) is 18.6 Å². The summed E-state index contributed by atoms with van der Waals surface area (Å²) < 4.78 is 15.9. The smallest absolute Gasteiger partial charge is 0.138 e. The molecule has 1 N–H and O–H groups in total. The van der Waals surface area contributed by atoms with E-state index >= 15 is 0 Å². The Morgan fingerprint density at radius 3 is 2.73 bits per heavy atom. The standard InChI is InChI=1S/C10H18N2O2S/c1-8-10(9(2)14-12-8)7-11-5-4-6-15(3)13/h11H,4-7H2,1-3H3. The van der Waals surface area contributed by atoms with Gasteiger partial charge in [0.1, 0.15) is 5.76 Å². The van der Waals surface area contributed by atoms with E-state index in [2.05, 4.69) is 10.5 Å². The van der Waals surface area contributed by atoms with E-state index in [-0.39, 0.29) is 0 Å². The van der Waals surface area contributed by atoms with Crippen LogP contribution in [-0.2, 0) is 17.3 Å². The lowest BCUT2D eigenvalue weighted by Crippen LogP contribution is -2.17. The van der Waals surface area contributed by atoms with Crippen LogP contribution in [0.3, 0.4) is 0 Å². The van der Waals surface area contributed by atoms with Crippen LogP contribution in [0.15, 0.2) is 4.52 Å². The highest BCUT2D eigenvalue weighted by atomic mass is 32.2. The minimum atomic E-state index is -0.685. The van der Waals surface area contributed by atoms with Crippen molar-refractivity contribution in [3.63, 3.8) is 0 Å². The molecule has 0 fully saturated rings. The monoisotopic (exact) mass is 230 g/mol. The van der Waals surface area contributed by atoms with Gasteiger partial charge in [-0.05, 0) is 26.8 Å². The van der Waals surface area contributed by atoms with Crippen LogP contribution in [-0.4, -0.2) is 27.9 Å². The molecule has 15 heavy (non-hydrogen) atoms. The number of aromatic nitrogens is 1. The molecule has 0 amide bonds. The van der Waals surface area contributed by atoms with Gasteiger partial charge in [-0.1, -0.05) is 5.16 Å². The van der Waals surface area contributed by atoms with Gasteiger partial charge in [0.25, 0.3) is 0 Å². The molecular formula is C10H18N2O2S. The molecule has 0 aliphatic carbocycles. The normalized spacial score (nSPS) is 13.0. The highest BCUT2D eigenvalue weighted by Crippen LogP contribution is 2.11. The summed E-state index contributed by atoms with van der Waals surface area (Å²) in [7, 11) is -0.685. The van der Waals surface area contributed by atoms with Crippen molar-refractivity contribution in [1.29, 1.82) is 0 Å². The van der Waals surface area contributed by atoms with E-state index in [4.69, 9.17) is 4.52 Å². The average molecular weight is 230 g/mol. The maximum Gasteiger partial charge on any atom is 0.138 e. The maximum atomic E-state index is 10.8. The highest BCUT2D eigenvalue weighted by molar-refractivity contribution is 7.84. The van der Waals surface area contributed by atoms with Gasteiger partial charge in [-0.3, -0.25) is 4.21 Å². The lowest BCUT2D eigenvalue weighted by Gasteiger charge is -2.03. The predicted molar refractivity (Wildman–Crippen MR) is 61.2 cm³/mol. The summed E-state index contributed by atoms with van der Waals surface area (Å²) in [5, 5.41) is 7.17. The molecule has 0 radical (unpaired) electrons. The molecule has 1 aromatic heterocycles. The number of aryl methyl sites for hydroxylation is 2. The van der Waals surface area contributed by atoms with Gasteiger partial charge in [0.2, 0.25) is 0 Å². The van der Waals surface area contributed by atoms with Crippen LogP contribution < -0.4 is 5.32 Å². The zero-order valence-corrected chi connectivity index (χ0v) is 10.3. The van der Waals surface area contributed by atoms with Crippen LogP contribution in [0.4, 0.5) is 0 Å². The summed E-state index contributed by atoms with van der Waals surface area (Å²) in [6, 6.07) is 0. The van der Waals surface area contributed by atoms with E-state index in [0.29, 0.717) is 0 Å². The van der Waals surface area contributed by atoms with Crippen molar-refractivity contribution in [2.24, 2.45) is 0 Å². The average Bonchev–Trinajstić information content (AvgIpc) is 2.47.